The van der Waals surface area contributed by atoms with E-state index in [1.165, 1.54) is 0 Å². The second kappa shape index (κ2) is 7.18. The summed E-state index contributed by atoms with van der Waals surface area (Å²) in [6, 6.07) is 15.7. The Morgan fingerprint density at radius 3 is 2.67 bits per heavy atom. The molecule has 0 bridgehead atoms. The van der Waals surface area contributed by atoms with Gasteiger partial charge in [0.15, 0.2) is 0 Å². The Labute approximate surface area is 149 Å². The van der Waals surface area contributed by atoms with Crippen molar-refractivity contribution >= 4 is 24.2 Å². The average Bonchev–Trinajstić information content (AvgIpc) is 2.53. The van der Waals surface area contributed by atoms with E-state index < -0.39 is 7.12 Å². The zero-order valence-corrected chi connectivity index (χ0v) is 15.0. The Kier molecular flexibility index (Phi) is 5.19. The zero-order valence-electron chi connectivity index (χ0n) is 14.3. The number of ether oxygens (including phenoxy) is 1. The van der Waals surface area contributed by atoms with E-state index >= 15 is 0 Å². The second-order valence-corrected chi connectivity index (χ2v) is 7.23. The van der Waals surface area contributed by atoms with Crippen LogP contribution in [0, 0.1) is 0 Å². The lowest BCUT2D eigenvalue weighted by molar-refractivity contribution is -0.0229. The van der Waals surface area contributed by atoms with Gasteiger partial charge in [-0.2, -0.15) is 0 Å². The molecule has 5 heteroatoms. The van der Waals surface area contributed by atoms with E-state index in [1.54, 1.807) is 0 Å². The molecule has 2 aromatic carbocycles. The minimum absolute atomic E-state index is 0.115. The fourth-order valence-corrected chi connectivity index (χ4v) is 3.19. The first-order valence-electron chi connectivity index (χ1n) is 8.22. The van der Waals surface area contributed by atoms with Gasteiger partial charge in [-0.25, -0.2) is 0 Å². The van der Waals surface area contributed by atoms with Crippen molar-refractivity contribution in [1.29, 1.82) is 0 Å². The van der Waals surface area contributed by atoms with Crippen LogP contribution in [0.2, 0.25) is 5.02 Å². The molecule has 1 atom stereocenters. The predicted octanol–water partition coefficient (Wildman–Crippen LogP) is 4.22. The van der Waals surface area contributed by atoms with Gasteiger partial charge in [-0.3, -0.25) is 0 Å². The van der Waals surface area contributed by atoms with E-state index in [-0.39, 0.29) is 11.7 Å². The van der Waals surface area contributed by atoms with E-state index in [0.717, 1.165) is 23.2 Å². The highest BCUT2D eigenvalue weighted by atomic mass is 35.5. The fraction of sp³-hybridized carbons (Fsp3) is 0.368. The monoisotopic (exact) mass is 344 g/mol. The van der Waals surface area contributed by atoms with Crippen molar-refractivity contribution in [1.82, 2.24) is 0 Å². The van der Waals surface area contributed by atoms with Gasteiger partial charge in [-0.15, -0.1) is 0 Å². The summed E-state index contributed by atoms with van der Waals surface area (Å²) in [5.74, 6) is 0.751. The lowest BCUT2D eigenvalue weighted by Crippen LogP contribution is -2.52. The maximum absolute atomic E-state index is 6.37. The fourth-order valence-electron chi connectivity index (χ4n) is 2.99. The molecule has 0 amide bonds. The minimum atomic E-state index is -0.475. The molecule has 3 rings (SSSR count). The molecule has 1 aliphatic heterocycles. The molecule has 1 saturated heterocycles. The van der Waals surface area contributed by atoms with Crippen LogP contribution in [0.3, 0.4) is 0 Å². The maximum Gasteiger partial charge on any atom is 0.496 e. The molecule has 1 aliphatic rings. The van der Waals surface area contributed by atoms with Gasteiger partial charge < -0.3 is 14.0 Å². The van der Waals surface area contributed by atoms with Crippen LogP contribution in [-0.4, -0.2) is 18.8 Å². The Hall–Kier alpha value is -1.49. The van der Waals surface area contributed by atoms with Gasteiger partial charge in [0.05, 0.1) is 5.60 Å². The van der Waals surface area contributed by atoms with Crippen molar-refractivity contribution in [3.8, 4) is 5.75 Å². The van der Waals surface area contributed by atoms with Gasteiger partial charge in [0.1, 0.15) is 12.4 Å². The molecule has 126 valence electrons. The molecule has 0 aliphatic carbocycles. The quantitative estimate of drug-likeness (QED) is 0.777. The van der Waals surface area contributed by atoms with Crippen LogP contribution in [-0.2, 0) is 15.9 Å². The molecule has 0 unspecified atom stereocenters. The van der Waals surface area contributed by atoms with Crippen molar-refractivity contribution in [2.75, 3.05) is 0 Å². The first-order valence-corrected chi connectivity index (χ1v) is 8.60. The number of halogens is 1. The molecular weight excluding hydrogens is 322 g/mol. The number of rotatable bonds is 4. The van der Waals surface area contributed by atoms with Crippen LogP contribution < -0.4 is 10.2 Å². The summed E-state index contributed by atoms with van der Waals surface area (Å²) in [7, 11) is -0.475. The predicted molar refractivity (Wildman–Crippen MR) is 97.9 cm³/mol. The van der Waals surface area contributed by atoms with Crippen LogP contribution in [0.25, 0.3) is 0 Å². The molecular formula is C19H22BClO3. The van der Waals surface area contributed by atoms with Gasteiger partial charge >= 0.3 is 7.12 Å². The van der Waals surface area contributed by atoms with Crippen LogP contribution in [0.4, 0.5) is 0 Å². The smallest absolute Gasteiger partial charge is 0.489 e. The van der Waals surface area contributed by atoms with Gasteiger partial charge in [0.2, 0.25) is 0 Å². The first-order chi connectivity index (χ1) is 11.4. The SMILES string of the molecule is C[C@H]1CC(C)(C)OB(c2cc(OCc3ccccc3)ccc2Cl)O1. The maximum atomic E-state index is 6.37. The molecule has 1 fully saturated rings. The van der Waals surface area contributed by atoms with Crippen LogP contribution in [0.1, 0.15) is 32.8 Å². The highest BCUT2D eigenvalue weighted by Gasteiger charge is 2.39. The van der Waals surface area contributed by atoms with E-state index in [0.29, 0.717) is 11.6 Å². The van der Waals surface area contributed by atoms with Crippen molar-refractivity contribution < 1.29 is 14.0 Å². The summed E-state index contributed by atoms with van der Waals surface area (Å²) in [4.78, 5) is 0. The molecule has 24 heavy (non-hydrogen) atoms. The van der Waals surface area contributed by atoms with Crippen molar-refractivity contribution in [3.05, 3.63) is 59.1 Å². The molecule has 0 saturated carbocycles. The molecule has 3 nitrogen and oxygen atoms in total. The highest BCUT2D eigenvalue weighted by Crippen LogP contribution is 2.27. The number of benzene rings is 2. The second-order valence-electron chi connectivity index (χ2n) is 6.82. The minimum Gasteiger partial charge on any atom is -0.489 e. The summed E-state index contributed by atoms with van der Waals surface area (Å²) in [5, 5.41) is 0.622. The topological polar surface area (TPSA) is 27.7 Å². The van der Waals surface area contributed by atoms with Crippen molar-refractivity contribution in [2.45, 2.75) is 45.5 Å². The van der Waals surface area contributed by atoms with E-state index in [1.807, 2.05) is 48.5 Å². The van der Waals surface area contributed by atoms with E-state index in [2.05, 4.69) is 20.8 Å². The molecule has 1 heterocycles. The van der Waals surface area contributed by atoms with Gasteiger partial charge in [0, 0.05) is 16.6 Å². The third-order valence-electron chi connectivity index (χ3n) is 4.03. The molecule has 0 N–H and O–H groups in total. The molecule has 2 aromatic rings. The largest absolute Gasteiger partial charge is 0.496 e. The summed E-state index contributed by atoms with van der Waals surface area (Å²) in [5.41, 5.74) is 1.68. The summed E-state index contributed by atoms with van der Waals surface area (Å²) >= 11 is 6.37. The summed E-state index contributed by atoms with van der Waals surface area (Å²) in [6.45, 7) is 6.71. The molecule has 0 radical (unpaired) electrons. The van der Waals surface area contributed by atoms with Gasteiger partial charge in [-0.1, -0.05) is 41.9 Å². The van der Waals surface area contributed by atoms with Crippen molar-refractivity contribution in [3.63, 3.8) is 0 Å². The van der Waals surface area contributed by atoms with Gasteiger partial charge in [0.25, 0.3) is 0 Å². The lowest BCUT2D eigenvalue weighted by Gasteiger charge is -2.38. The number of hydrogen-bond donors (Lipinski definition) is 0. The van der Waals surface area contributed by atoms with Crippen LogP contribution in [0.5, 0.6) is 5.75 Å². The normalized spacial score (nSPS) is 20.0. The van der Waals surface area contributed by atoms with Crippen LogP contribution in [0.15, 0.2) is 48.5 Å². The van der Waals surface area contributed by atoms with E-state index in [9.17, 15) is 0 Å². The molecule has 0 aromatic heterocycles. The third-order valence-corrected chi connectivity index (χ3v) is 4.37. The Bertz CT molecular complexity index is 690. The third kappa shape index (κ3) is 4.32. The lowest BCUT2D eigenvalue weighted by atomic mass is 9.75. The zero-order chi connectivity index (χ0) is 17.2. The Balaban J connectivity index is 1.76. The van der Waals surface area contributed by atoms with E-state index in [4.69, 9.17) is 25.6 Å². The highest BCUT2D eigenvalue weighted by molar-refractivity contribution is 6.65. The van der Waals surface area contributed by atoms with Crippen LogP contribution >= 0.6 is 11.6 Å². The first kappa shape index (κ1) is 17.3. The standard InChI is InChI=1S/C19H22BClO3/c1-14-12-19(2,3)24-20(23-14)17-11-16(9-10-18(17)21)22-13-15-7-5-4-6-8-15/h4-11,14H,12-13H2,1-3H3/t14-/m0/s1. The molecule has 0 spiro atoms. The average molecular weight is 345 g/mol. The Morgan fingerprint density at radius 1 is 1.21 bits per heavy atom. The van der Waals surface area contributed by atoms with Crippen molar-refractivity contribution in [2.24, 2.45) is 0 Å². The summed E-state index contributed by atoms with van der Waals surface area (Å²) in [6.07, 6.45) is 0.967. The van der Waals surface area contributed by atoms with Gasteiger partial charge in [-0.05, 0) is 51.0 Å². The number of hydrogen-bond acceptors (Lipinski definition) is 3. The summed E-state index contributed by atoms with van der Waals surface area (Å²) < 4.78 is 17.9. The Morgan fingerprint density at radius 2 is 1.96 bits per heavy atom.